The molecule has 0 saturated carbocycles. The molecule has 1 unspecified atom stereocenters. The molecule has 0 spiro atoms. The monoisotopic (exact) mass is 445 g/mol. The van der Waals surface area contributed by atoms with Gasteiger partial charge in [0.25, 0.3) is 0 Å². The molecule has 0 aliphatic rings. The lowest BCUT2D eigenvalue weighted by Gasteiger charge is -2.13. The molecule has 5 heteroatoms. The highest BCUT2D eigenvalue weighted by Gasteiger charge is 2.19. The van der Waals surface area contributed by atoms with E-state index in [1.54, 1.807) is 0 Å². The van der Waals surface area contributed by atoms with Gasteiger partial charge in [-0.05, 0) is 24.1 Å². The number of carbonyl (C=O) groups is 1. The number of benzene rings is 1. The molecule has 31 heavy (non-hydrogen) atoms. The highest BCUT2D eigenvalue weighted by atomic mass is 35.5. The molecule has 1 heterocycles. The fourth-order valence-electron chi connectivity index (χ4n) is 3.60. The van der Waals surface area contributed by atoms with Crippen LogP contribution in [0.5, 0.6) is 5.75 Å². The van der Waals surface area contributed by atoms with Crippen molar-refractivity contribution in [2.24, 2.45) is 0 Å². The van der Waals surface area contributed by atoms with Crippen molar-refractivity contribution in [1.29, 1.82) is 0 Å². The molecule has 0 saturated heterocycles. The van der Waals surface area contributed by atoms with Crippen LogP contribution in [0.4, 0.5) is 0 Å². The van der Waals surface area contributed by atoms with Crippen LogP contribution in [0.25, 0.3) is 0 Å². The second-order valence-electron chi connectivity index (χ2n) is 8.07. The van der Waals surface area contributed by atoms with E-state index in [0.717, 1.165) is 24.2 Å². The van der Waals surface area contributed by atoms with E-state index in [9.17, 15) is 4.79 Å². The van der Waals surface area contributed by atoms with Gasteiger partial charge in [-0.3, -0.25) is 10.1 Å². The normalized spacial score (nSPS) is 11.8. The summed E-state index contributed by atoms with van der Waals surface area (Å²) >= 11 is 6.42. The minimum Gasteiger partial charge on any atom is -0.494 e. The van der Waals surface area contributed by atoms with Crippen LogP contribution in [0.3, 0.4) is 0 Å². The predicted octanol–water partition coefficient (Wildman–Crippen LogP) is 6.41. The van der Waals surface area contributed by atoms with Gasteiger partial charge in [0.2, 0.25) is 12.1 Å². The summed E-state index contributed by atoms with van der Waals surface area (Å²) in [6, 6.07) is 11.5. The van der Waals surface area contributed by atoms with Gasteiger partial charge in [-0.25, -0.2) is 0 Å². The Kier molecular flexibility index (Phi) is 12.1. The Morgan fingerprint density at radius 3 is 2.32 bits per heavy atom. The summed E-state index contributed by atoms with van der Waals surface area (Å²) in [4.78, 5) is 12.5. The minimum atomic E-state index is -0.0678. The van der Waals surface area contributed by atoms with Crippen LogP contribution in [-0.4, -0.2) is 12.5 Å². The lowest BCUT2D eigenvalue weighted by molar-refractivity contribution is -0.727. The smallest absolute Gasteiger partial charge is 0.233 e. The molecule has 1 aromatic heterocycles. The summed E-state index contributed by atoms with van der Waals surface area (Å²) in [6.07, 6.45) is 15.1. The summed E-state index contributed by atoms with van der Waals surface area (Å²) in [7, 11) is 0. The maximum absolute atomic E-state index is 12.5. The van der Waals surface area contributed by atoms with Crippen molar-refractivity contribution in [3.05, 3.63) is 59.4 Å². The zero-order valence-corrected chi connectivity index (χ0v) is 19.9. The van der Waals surface area contributed by atoms with E-state index in [-0.39, 0.29) is 18.5 Å². The van der Waals surface area contributed by atoms with Gasteiger partial charge in [-0.15, -0.1) is 0 Å². The molecule has 2 aromatic rings. The van der Waals surface area contributed by atoms with Gasteiger partial charge < -0.3 is 4.74 Å². The van der Waals surface area contributed by atoms with Gasteiger partial charge in [0.05, 0.1) is 13.0 Å². The first-order chi connectivity index (χ1) is 15.1. The van der Waals surface area contributed by atoms with Gasteiger partial charge >= 0.3 is 0 Å². The molecule has 4 nitrogen and oxygen atoms in total. The van der Waals surface area contributed by atoms with Crippen molar-refractivity contribution >= 4 is 17.5 Å². The molecule has 0 aliphatic heterocycles. The van der Waals surface area contributed by atoms with E-state index >= 15 is 0 Å². The summed E-state index contributed by atoms with van der Waals surface area (Å²) < 4.78 is 7.85. The number of pyridine rings is 1. The van der Waals surface area contributed by atoms with Gasteiger partial charge in [-0.2, -0.15) is 4.57 Å². The highest BCUT2D eigenvalue weighted by Crippen LogP contribution is 2.23. The van der Waals surface area contributed by atoms with Crippen LogP contribution in [0, 0.1) is 0 Å². The Bertz CT molecular complexity index is 767. The zero-order chi connectivity index (χ0) is 22.3. The van der Waals surface area contributed by atoms with E-state index < -0.39 is 0 Å². The number of unbranched alkanes of at least 4 members (excludes halogenated alkanes) is 7. The quantitative estimate of drug-likeness (QED) is 0.254. The summed E-state index contributed by atoms with van der Waals surface area (Å²) in [5, 5.41) is 3.65. The van der Waals surface area contributed by atoms with Gasteiger partial charge in [-0.1, -0.05) is 82.5 Å². The first-order valence-corrected chi connectivity index (χ1v) is 12.2. The molecule has 1 atom stereocenters. The minimum absolute atomic E-state index is 0.0438. The Morgan fingerprint density at radius 1 is 1.00 bits per heavy atom. The van der Waals surface area contributed by atoms with Crippen molar-refractivity contribution in [3.63, 3.8) is 0 Å². The summed E-state index contributed by atoms with van der Waals surface area (Å²) in [5.74, 6) is 0.723. The summed E-state index contributed by atoms with van der Waals surface area (Å²) in [6.45, 7) is 5.01. The second-order valence-corrected chi connectivity index (χ2v) is 8.47. The molecular formula is C26H38ClN2O2+. The molecule has 0 aliphatic carbocycles. The molecule has 1 amide bonds. The number of nitrogens with zero attached hydrogens (tertiary/aromatic N) is 1. The topological polar surface area (TPSA) is 42.2 Å². The van der Waals surface area contributed by atoms with Crippen molar-refractivity contribution in [3.8, 4) is 5.75 Å². The number of hydrogen-bond donors (Lipinski definition) is 1. The molecule has 2 rings (SSSR count). The lowest BCUT2D eigenvalue weighted by atomic mass is 10.1. The van der Waals surface area contributed by atoms with Crippen LogP contribution in [0.1, 0.15) is 83.4 Å². The van der Waals surface area contributed by atoms with Crippen molar-refractivity contribution < 1.29 is 14.1 Å². The van der Waals surface area contributed by atoms with Crippen LogP contribution in [0.2, 0.25) is 5.02 Å². The standard InChI is InChI=1S/C26H37ClN2O2/c1-3-5-6-7-8-9-10-14-19-31-23-16-15-22(24(27)21-23)20-26(30)28-25(4-2)29-17-12-11-13-18-29/h11-13,15-18,21,25H,3-10,14,19-20H2,1-2H3/p+1. The molecule has 0 fully saturated rings. The predicted molar refractivity (Wildman–Crippen MR) is 127 cm³/mol. The Balaban J connectivity index is 1.72. The van der Waals surface area contributed by atoms with Crippen LogP contribution >= 0.6 is 11.6 Å². The molecule has 1 N–H and O–H groups in total. The number of ether oxygens (including phenoxy) is 1. The number of hydrogen-bond acceptors (Lipinski definition) is 2. The molecular weight excluding hydrogens is 408 g/mol. The fourth-order valence-corrected chi connectivity index (χ4v) is 3.84. The number of carbonyl (C=O) groups excluding carboxylic acids is 1. The van der Waals surface area contributed by atoms with E-state index in [2.05, 4.69) is 19.2 Å². The van der Waals surface area contributed by atoms with Crippen molar-refractivity contribution in [2.75, 3.05) is 6.61 Å². The first kappa shape index (κ1) is 25.2. The third-order valence-electron chi connectivity index (χ3n) is 5.45. The Hall–Kier alpha value is -2.07. The van der Waals surface area contributed by atoms with Crippen molar-refractivity contribution in [2.45, 2.75) is 84.2 Å². The number of nitrogens with one attached hydrogen (secondary N) is 1. The van der Waals surface area contributed by atoms with Gasteiger partial charge in [0, 0.05) is 23.6 Å². The SMILES string of the molecule is CCCCCCCCCCOc1ccc(CC(=O)NC(CC)[n+]2ccccc2)c(Cl)c1. The van der Waals surface area contributed by atoms with E-state index in [1.165, 1.54) is 44.9 Å². The number of amides is 1. The van der Waals surface area contributed by atoms with E-state index in [4.69, 9.17) is 16.3 Å². The van der Waals surface area contributed by atoms with Gasteiger partial charge in [0.1, 0.15) is 5.75 Å². The third-order valence-corrected chi connectivity index (χ3v) is 5.81. The molecule has 1 aromatic carbocycles. The Labute approximate surface area is 193 Å². The van der Waals surface area contributed by atoms with Gasteiger partial charge in [0.15, 0.2) is 12.4 Å². The average Bonchev–Trinajstić information content (AvgIpc) is 2.78. The first-order valence-electron chi connectivity index (χ1n) is 11.8. The fraction of sp³-hybridized carbons (Fsp3) is 0.538. The Morgan fingerprint density at radius 2 is 1.68 bits per heavy atom. The molecule has 0 bridgehead atoms. The van der Waals surface area contributed by atoms with Crippen LogP contribution in [-0.2, 0) is 11.2 Å². The summed E-state index contributed by atoms with van der Waals surface area (Å²) in [5.41, 5.74) is 0.812. The highest BCUT2D eigenvalue weighted by molar-refractivity contribution is 6.31. The molecule has 0 radical (unpaired) electrons. The number of aromatic nitrogens is 1. The third kappa shape index (κ3) is 9.73. The maximum Gasteiger partial charge on any atom is 0.233 e. The van der Waals surface area contributed by atoms with Crippen LogP contribution in [0.15, 0.2) is 48.8 Å². The van der Waals surface area contributed by atoms with E-state index in [1.807, 2.05) is 53.4 Å². The zero-order valence-electron chi connectivity index (χ0n) is 19.1. The molecule has 170 valence electrons. The average molecular weight is 446 g/mol. The second kappa shape index (κ2) is 14.9. The van der Waals surface area contributed by atoms with Crippen molar-refractivity contribution in [1.82, 2.24) is 5.32 Å². The maximum atomic E-state index is 12.5. The number of halogens is 1. The lowest BCUT2D eigenvalue weighted by Crippen LogP contribution is -2.49. The van der Waals surface area contributed by atoms with E-state index in [0.29, 0.717) is 11.6 Å². The number of rotatable bonds is 15. The largest absolute Gasteiger partial charge is 0.494 e. The van der Waals surface area contributed by atoms with Crippen LogP contribution < -0.4 is 14.6 Å².